The molecular formula is C24H22N4O5. The van der Waals surface area contributed by atoms with Crippen LogP contribution in [0.3, 0.4) is 0 Å². The van der Waals surface area contributed by atoms with E-state index in [1.807, 2.05) is 32.0 Å². The van der Waals surface area contributed by atoms with Crippen LogP contribution >= 0.6 is 0 Å². The first kappa shape index (κ1) is 19.9. The van der Waals surface area contributed by atoms with Gasteiger partial charge < -0.3 is 19.7 Å². The van der Waals surface area contributed by atoms with Gasteiger partial charge in [0.15, 0.2) is 5.60 Å². The number of hydrogen-bond donors (Lipinski definition) is 2. The number of pyridine rings is 2. The second kappa shape index (κ2) is 6.41. The molecule has 33 heavy (non-hydrogen) atoms. The summed E-state index contributed by atoms with van der Waals surface area (Å²) < 4.78 is 6.73. The van der Waals surface area contributed by atoms with Crippen molar-refractivity contribution in [1.82, 2.24) is 9.55 Å². The lowest BCUT2D eigenvalue weighted by Crippen LogP contribution is -2.44. The molecule has 0 radical (unpaired) electrons. The van der Waals surface area contributed by atoms with Crippen LogP contribution in [0.5, 0.6) is 0 Å². The number of nitrogens with one attached hydrogen (secondary N) is 1. The summed E-state index contributed by atoms with van der Waals surface area (Å²) in [5, 5.41) is 14.8. The zero-order chi connectivity index (χ0) is 23.2. The Bertz CT molecular complexity index is 1470. The van der Waals surface area contributed by atoms with Crippen molar-refractivity contribution >= 4 is 34.3 Å². The summed E-state index contributed by atoms with van der Waals surface area (Å²) >= 11 is 0. The molecule has 0 bridgehead atoms. The van der Waals surface area contributed by atoms with E-state index in [2.05, 4.69) is 5.32 Å². The minimum Gasteiger partial charge on any atom is -0.458 e. The van der Waals surface area contributed by atoms with Crippen molar-refractivity contribution < 1.29 is 19.4 Å². The van der Waals surface area contributed by atoms with Crippen LogP contribution < -0.4 is 15.8 Å². The number of nitrogens with zero attached hydrogens (tertiary/aromatic N) is 3. The molecule has 5 heterocycles. The van der Waals surface area contributed by atoms with Crippen molar-refractivity contribution in [3.05, 3.63) is 51.3 Å². The molecule has 0 saturated heterocycles. The number of anilines is 2. The number of rotatable bonds is 2. The monoisotopic (exact) mass is 446 g/mol. The number of aliphatic hydroxyl groups is 1. The third-order valence-electron chi connectivity index (χ3n) is 6.90. The van der Waals surface area contributed by atoms with Gasteiger partial charge >= 0.3 is 12.0 Å². The number of cyclic esters (lactones) is 1. The largest absolute Gasteiger partial charge is 0.458 e. The van der Waals surface area contributed by atoms with Crippen LogP contribution in [0.1, 0.15) is 43.9 Å². The fraction of sp³-hybridized carbons (Fsp3) is 0.333. The first-order valence-electron chi connectivity index (χ1n) is 11.0. The van der Waals surface area contributed by atoms with Crippen molar-refractivity contribution in [2.45, 2.75) is 52.0 Å². The lowest BCUT2D eigenvalue weighted by Gasteiger charge is -2.34. The Morgan fingerprint density at radius 3 is 2.76 bits per heavy atom. The Balaban J connectivity index is 1.70. The Hall–Kier alpha value is -3.72. The smallest absolute Gasteiger partial charge is 0.343 e. The molecule has 0 aliphatic carbocycles. The fourth-order valence-corrected chi connectivity index (χ4v) is 5.25. The van der Waals surface area contributed by atoms with Gasteiger partial charge in [-0.15, -0.1) is 0 Å². The molecule has 3 aliphatic heterocycles. The first-order valence-corrected chi connectivity index (χ1v) is 11.0. The Labute approximate surface area is 188 Å². The zero-order valence-corrected chi connectivity index (χ0v) is 18.4. The lowest BCUT2D eigenvalue weighted by molar-refractivity contribution is -0.172. The van der Waals surface area contributed by atoms with Crippen LogP contribution in [0.25, 0.3) is 22.3 Å². The van der Waals surface area contributed by atoms with Crippen molar-refractivity contribution in [2.24, 2.45) is 0 Å². The van der Waals surface area contributed by atoms with Crippen LogP contribution in [0, 0.1) is 0 Å². The Kier molecular flexibility index (Phi) is 3.87. The highest BCUT2D eigenvalue weighted by Crippen LogP contribution is 2.46. The SMILES string of the molecule is CC[C@@]1(O)C(=O)OCc2c1cc1n(c2=O)Cc2c-1nc1cccc3c1c2N(C(C)C)C(=O)N3. The fourth-order valence-electron chi connectivity index (χ4n) is 5.25. The van der Waals surface area contributed by atoms with E-state index < -0.39 is 11.6 Å². The third kappa shape index (κ3) is 2.40. The third-order valence-corrected chi connectivity index (χ3v) is 6.90. The van der Waals surface area contributed by atoms with E-state index >= 15 is 0 Å². The molecule has 1 atom stereocenters. The molecule has 6 rings (SSSR count). The number of urea groups is 1. The molecule has 2 aromatic heterocycles. The second-order valence-electron chi connectivity index (χ2n) is 8.98. The van der Waals surface area contributed by atoms with Crippen molar-refractivity contribution in [3.63, 3.8) is 0 Å². The predicted molar refractivity (Wildman–Crippen MR) is 121 cm³/mol. The van der Waals surface area contributed by atoms with E-state index in [4.69, 9.17) is 9.72 Å². The topological polar surface area (TPSA) is 114 Å². The van der Waals surface area contributed by atoms with E-state index in [9.17, 15) is 19.5 Å². The van der Waals surface area contributed by atoms with Crippen molar-refractivity contribution in [3.8, 4) is 11.4 Å². The molecule has 0 unspecified atom stereocenters. The zero-order valence-electron chi connectivity index (χ0n) is 18.4. The normalized spacial score (nSPS) is 20.5. The summed E-state index contributed by atoms with van der Waals surface area (Å²) in [6.07, 6.45) is 0.0790. The minimum atomic E-state index is -1.88. The summed E-state index contributed by atoms with van der Waals surface area (Å²) in [5.74, 6) is -0.756. The molecule has 3 aliphatic rings. The maximum atomic E-state index is 13.5. The maximum absolute atomic E-state index is 13.5. The van der Waals surface area contributed by atoms with E-state index in [1.165, 1.54) is 0 Å². The molecule has 2 N–H and O–H groups in total. The van der Waals surface area contributed by atoms with E-state index in [-0.39, 0.29) is 48.3 Å². The van der Waals surface area contributed by atoms with Gasteiger partial charge in [0.05, 0.1) is 40.4 Å². The lowest BCUT2D eigenvalue weighted by atomic mass is 9.86. The molecule has 0 fully saturated rings. The van der Waals surface area contributed by atoms with Crippen LogP contribution in [0.4, 0.5) is 16.2 Å². The van der Waals surface area contributed by atoms with Crippen LogP contribution in [-0.4, -0.2) is 32.7 Å². The van der Waals surface area contributed by atoms with E-state index in [0.717, 1.165) is 16.6 Å². The number of amides is 2. The average molecular weight is 446 g/mol. The molecule has 0 saturated carbocycles. The Morgan fingerprint density at radius 1 is 1.24 bits per heavy atom. The molecule has 9 heteroatoms. The quantitative estimate of drug-likeness (QED) is 0.458. The van der Waals surface area contributed by atoms with Crippen LogP contribution in [-0.2, 0) is 28.3 Å². The molecule has 168 valence electrons. The molecule has 0 spiro atoms. The van der Waals surface area contributed by atoms with Gasteiger partial charge in [-0.1, -0.05) is 13.0 Å². The highest BCUT2D eigenvalue weighted by Gasteiger charge is 2.46. The van der Waals surface area contributed by atoms with Crippen LogP contribution in [0.2, 0.25) is 0 Å². The van der Waals surface area contributed by atoms with Gasteiger partial charge in [-0.3, -0.25) is 9.69 Å². The summed E-state index contributed by atoms with van der Waals surface area (Å²) in [7, 11) is 0. The van der Waals surface area contributed by atoms with Gasteiger partial charge in [-0.25, -0.2) is 14.6 Å². The highest BCUT2D eigenvalue weighted by atomic mass is 16.6. The summed E-state index contributed by atoms with van der Waals surface area (Å²) in [4.78, 5) is 45.4. The summed E-state index contributed by atoms with van der Waals surface area (Å²) in [6.45, 7) is 5.59. The van der Waals surface area contributed by atoms with Gasteiger partial charge in [0.25, 0.3) is 5.56 Å². The van der Waals surface area contributed by atoms with E-state index in [0.29, 0.717) is 22.6 Å². The molecule has 1 aromatic carbocycles. The van der Waals surface area contributed by atoms with Crippen LogP contribution in [0.15, 0.2) is 29.1 Å². The molecule has 2 amide bonds. The number of hydrogen-bond acceptors (Lipinski definition) is 6. The number of ether oxygens (including phenoxy) is 1. The highest BCUT2D eigenvalue weighted by molar-refractivity contribution is 6.20. The van der Waals surface area contributed by atoms with E-state index in [1.54, 1.807) is 22.5 Å². The average Bonchev–Trinajstić information content (AvgIpc) is 3.15. The molecule has 3 aromatic rings. The van der Waals surface area contributed by atoms with Gasteiger partial charge in [-0.2, -0.15) is 0 Å². The number of esters is 1. The number of carbonyl (C=O) groups is 2. The Morgan fingerprint density at radius 2 is 2.03 bits per heavy atom. The predicted octanol–water partition coefficient (Wildman–Crippen LogP) is 2.84. The number of benzene rings is 1. The second-order valence-corrected chi connectivity index (χ2v) is 8.98. The minimum absolute atomic E-state index is 0.0790. The molecule has 9 nitrogen and oxygen atoms in total. The number of carbonyl (C=O) groups excluding carboxylic acids is 2. The number of aromatic nitrogens is 2. The standard InChI is InChI=1S/C24H22N4O5/c1-4-24(32)14-8-17-19-12(9-27(17)21(29)13(14)10-33-22(24)30)20-18-15(25-19)6-5-7-16(18)26-23(31)28(20)11(2)3/h5-8,11,32H,4,9-10H2,1-3H3,(H,26,31)/t24-/m0/s1. The van der Waals surface area contributed by atoms with Crippen molar-refractivity contribution in [1.29, 1.82) is 0 Å². The van der Waals surface area contributed by atoms with Crippen molar-refractivity contribution in [2.75, 3.05) is 10.2 Å². The van der Waals surface area contributed by atoms with Gasteiger partial charge in [0, 0.05) is 22.6 Å². The summed E-state index contributed by atoms with van der Waals surface area (Å²) in [6, 6.07) is 6.86. The van der Waals surface area contributed by atoms with Gasteiger partial charge in [0.1, 0.15) is 6.61 Å². The van der Waals surface area contributed by atoms with Gasteiger partial charge in [0.2, 0.25) is 0 Å². The summed E-state index contributed by atoms with van der Waals surface area (Å²) in [5.41, 5.74) is 2.31. The molecular weight excluding hydrogens is 424 g/mol. The van der Waals surface area contributed by atoms with Gasteiger partial charge in [-0.05, 0) is 38.5 Å². The maximum Gasteiger partial charge on any atom is 0.343 e. The number of fused-ring (bicyclic) bond motifs is 5. The first-order chi connectivity index (χ1) is 15.8.